The molecule has 0 fully saturated rings. The molecule has 0 amide bonds. The number of rotatable bonds is 5. The average molecular weight is 296 g/mol. The van der Waals surface area contributed by atoms with E-state index in [1.807, 2.05) is 0 Å². The second-order valence-electron chi connectivity index (χ2n) is 4.51. The Morgan fingerprint density at radius 2 is 2.05 bits per heavy atom. The minimum Gasteiger partial charge on any atom is -0.356 e. The Morgan fingerprint density at radius 3 is 2.65 bits per heavy atom. The van der Waals surface area contributed by atoms with Gasteiger partial charge in [0.25, 0.3) is 0 Å². The Kier molecular flexibility index (Phi) is 4.97. The molecular formula is C13H20N4O2S. The van der Waals surface area contributed by atoms with Crippen LogP contribution in [0.15, 0.2) is 34.2 Å². The van der Waals surface area contributed by atoms with Crippen LogP contribution in [0.25, 0.3) is 0 Å². The van der Waals surface area contributed by atoms with E-state index in [4.69, 9.17) is 0 Å². The van der Waals surface area contributed by atoms with Crippen molar-refractivity contribution in [2.75, 3.05) is 19.6 Å². The molecule has 1 heterocycles. The summed E-state index contributed by atoms with van der Waals surface area (Å²) in [5.74, 6) is 0.806. The lowest BCUT2D eigenvalue weighted by atomic mass is 10.2. The number of aliphatic imine (C=N–C) groups is 1. The van der Waals surface area contributed by atoms with Crippen LogP contribution in [-0.2, 0) is 16.6 Å². The number of sulfonamides is 1. The highest BCUT2D eigenvalue weighted by Gasteiger charge is 2.11. The van der Waals surface area contributed by atoms with Crippen LogP contribution in [0.1, 0.15) is 18.9 Å². The van der Waals surface area contributed by atoms with Crippen molar-refractivity contribution in [3.63, 3.8) is 0 Å². The Hall–Kier alpha value is -1.60. The number of guanidine groups is 1. The lowest BCUT2D eigenvalue weighted by Gasteiger charge is -2.16. The number of hydrogen-bond acceptors (Lipinski definition) is 5. The van der Waals surface area contributed by atoms with Crippen LogP contribution in [0.2, 0.25) is 0 Å². The van der Waals surface area contributed by atoms with Gasteiger partial charge in [-0.05, 0) is 24.1 Å². The predicted molar refractivity (Wildman–Crippen MR) is 79.1 cm³/mol. The second-order valence-corrected chi connectivity index (χ2v) is 6.28. The van der Waals surface area contributed by atoms with Crippen molar-refractivity contribution in [1.29, 1.82) is 0 Å². The molecule has 0 saturated heterocycles. The van der Waals surface area contributed by atoms with Gasteiger partial charge in [-0.25, -0.2) is 13.1 Å². The molecule has 1 aliphatic rings. The molecule has 0 radical (unpaired) electrons. The molecule has 0 aromatic heterocycles. The van der Waals surface area contributed by atoms with Crippen LogP contribution in [-0.4, -0.2) is 34.0 Å². The molecule has 1 aliphatic heterocycles. The van der Waals surface area contributed by atoms with E-state index in [9.17, 15) is 8.42 Å². The van der Waals surface area contributed by atoms with Crippen LogP contribution < -0.4 is 15.4 Å². The zero-order chi connectivity index (χ0) is 14.4. The third kappa shape index (κ3) is 3.94. The largest absolute Gasteiger partial charge is 0.356 e. The van der Waals surface area contributed by atoms with Gasteiger partial charge in [0, 0.05) is 26.2 Å². The molecule has 7 heteroatoms. The minimum atomic E-state index is -3.37. The Balaban J connectivity index is 1.96. The van der Waals surface area contributed by atoms with Crippen molar-refractivity contribution in [3.8, 4) is 0 Å². The van der Waals surface area contributed by atoms with Crippen molar-refractivity contribution in [3.05, 3.63) is 29.8 Å². The molecule has 110 valence electrons. The lowest BCUT2D eigenvalue weighted by molar-refractivity contribution is 0.584. The smallest absolute Gasteiger partial charge is 0.240 e. The summed E-state index contributed by atoms with van der Waals surface area (Å²) in [6.45, 7) is 4.54. The second kappa shape index (κ2) is 6.71. The summed E-state index contributed by atoms with van der Waals surface area (Å²) in [5, 5.41) is 6.37. The molecule has 20 heavy (non-hydrogen) atoms. The van der Waals surface area contributed by atoms with Crippen molar-refractivity contribution in [1.82, 2.24) is 15.4 Å². The number of hydrogen-bond donors (Lipinski definition) is 3. The highest BCUT2D eigenvalue weighted by atomic mass is 32.2. The van der Waals surface area contributed by atoms with Crippen molar-refractivity contribution >= 4 is 16.0 Å². The molecule has 3 N–H and O–H groups in total. The summed E-state index contributed by atoms with van der Waals surface area (Å²) in [5.41, 5.74) is 1.01. The summed E-state index contributed by atoms with van der Waals surface area (Å²) < 4.78 is 26.1. The van der Waals surface area contributed by atoms with Gasteiger partial charge in [0.2, 0.25) is 10.0 Å². The predicted octanol–water partition coefficient (Wildman–Crippen LogP) is 0.424. The van der Waals surface area contributed by atoms with Crippen LogP contribution in [0.5, 0.6) is 0 Å². The summed E-state index contributed by atoms with van der Waals surface area (Å²) >= 11 is 0. The zero-order valence-corrected chi connectivity index (χ0v) is 12.3. The topological polar surface area (TPSA) is 82.6 Å². The molecule has 0 saturated carbocycles. The van der Waals surface area contributed by atoms with E-state index in [-0.39, 0.29) is 4.90 Å². The third-order valence-corrected chi connectivity index (χ3v) is 4.49. The Labute approximate surface area is 119 Å². The van der Waals surface area contributed by atoms with Gasteiger partial charge in [-0.1, -0.05) is 19.1 Å². The van der Waals surface area contributed by atoms with Crippen LogP contribution in [0.4, 0.5) is 0 Å². The highest BCUT2D eigenvalue weighted by molar-refractivity contribution is 7.89. The fourth-order valence-electron chi connectivity index (χ4n) is 1.90. The SMILES string of the molecule is CCNS(=O)(=O)c1ccc(CNC2=NCCCN2)cc1. The van der Waals surface area contributed by atoms with Gasteiger partial charge in [0.15, 0.2) is 5.96 Å². The molecule has 0 unspecified atom stereocenters. The number of nitrogens with one attached hydrogen (secondary N) is 3. The fraction of sp³-hybridized carbons (Fsp3) is 0.462. The van der Waals surface area contributed by atoms with E-state index in [0.717, 1.165) is 31.0 Å². The van der Waals surface area contributed by atoms with Gasteiger partial charge < -0.3 is 10.6 Å². The molecule has 0 spiro atoms. The van der Waals surface area contributed by atoms with Gasteiger partial charge in [0.1, 0.15) is 0 Å². The van der Waals surface area contributed by atoms with E-state index in [1.54, 1.807) is 31.2 Å². The standard InChI is InChI=1S/C13H20N4O2S/c1-2-17-20(18,19)12-6-4-11(5-7-12)10-16-13-14-8-3-9-15-13/h4-7,17H,2-3,8-10H2,1H3,(H2,14,15,16). The summed E-state index contributed by atoms with van der Waals surface area (Å²) in [6, 6.07) is 6.84. The van der Waals surface area contributed by atoms with Crippen molar-refractivity contribution < 1.29 is 8.42 Å². The van der Waals surface area contributed by atoms with Crippen molar-refractivity contribution in [2.24, 2.45) is 4.99 Å². The molecule has 0 aliphatic carbocycles. The molecule has 0 atom stereocenters. The summed E-state index contributed by atoms with van der Waals surface area (Å²) in [6.07, 6.45) is 1.06. The lowest BCUT2D eigenvalue weighted by Crippen LogP contribution is -2.40. The van der Waals surface area contributed by atoms with Crippen molar-refractivity contribution in [2.45, 2.75) is 24.8 Å². The fourth-order valence-corrected chi connectivity index (χ4v) is 2.94. The van der Waals surface area contributed by atoms with E-state index < -0.39 is 10.0 Å². The molecule has 1 aromatic rings. The average Bonchev–Trinajstić information content (AvgIpc) is 2.47. The molecular weight excluding hydrogens is 276 g/mol. The Morgan fingerprint density at radius 1 is 1.30 bits per heavy atom. The quantitative estimate of drug-likeness (QED) is 0.735. The first-order valence-corrected chi connectivity index (χ1v) is 8.21. The molecule has 0 bridgehead atoms. The van der Waals surface area contributed by atoms with Gasteiger partial charge in [-0.2, -0.15) is 0 Å². The number of benzene rings is 1. The first-order valence-electron chi connectivity index (χ1n) is 6.72. The maximum atomic E-state index is 11.8. The monoisotopic (exact) mass is 296 g/mol. The first-order chi connectivity index (χ1) is 9.62. The molecule has 6 nitrogen and oxygen atoms in total. The minimum absolute atomic E-state index is 0.288. The van der Waals surface area contributed by atoms with Crippen LogP contribution in [0.3, 0.4) is 0 Å². The maximum Gasteiger partial charge on any atom is 0.240 e. The maximum absolute atomic E-state index is 11.8. The van der Waals surface area contributed by atoms with Gasteiger partial charge >= 0.3 is 0 Å². The van der Waals surface area contributed by atoms with Gasteiger partial charge in [-0.15, -0.1) is 0 Å². The molecule has 1 aromatic carbocycles. The third-order valence-electron chi connectivity index (χ3n) is 2.93. The van der Waals surface area contributed by atoms with E-state index >= 15 is 0 Å². The Bertz CT molecular complexity index is 567. The molecule has 2 rings (SSSR count). The van der Waals surface area contributed by atoms with E-state index in [2.05, 4.69) is 20.3 Å². The van der Waals surface area contributed by atoms with Gasteiger partial charge in [-0.3, -0.25) is 4.99 Å². The van der Waals surface area contributed by atoms with Crippen LogP contribution in [0, 0.1) is 0 Å². The zero-order valence-electron chi connectivity index (χ0n) is 11.5. The van der Waals surface area contributed by atoms with Crippen LogP contribution >= 0.6 is 0 Å². The van der Waals surface area contributed by atoms with E-state index in [1.165, 1.54) is 0 Å². The highest BCUT2D eigenvalue weighted by Crippen LogP contribution is 2.10. The van der Waals surface area contributed by atoms with E-state index in [0.29, 0.717) is 13.1 Å². The number of nitrogens with zero attached hydrogens (tertiary/aromatic N) is 1. The van der Waals surface area contributed by atoms with Gasteiger partial charge in [0.05, 0.1) is 4.90 Å². The summed E-state index contributed by atoms with van der Waals surface area (Å²) in [7, 11) is -3.37. The normalized spacial score (nSPS) is 15.3. The first kappa shape index (κ1) is 14.8. The summed E-state index contributed by atoms with van der Waals surface area (Å²) in [4.78, 5) is 4.60.